The van der Waals surface area contributed by atoms with Crippen LogP contribution in [0.3, 0.4) is 0 Å². The maximum atomic E-state index is 12.2. The van der Waals surface area contributed by atoms with Crippen molar-refractivity contribution >= 4 is 29.4 Å². The molecule has 1 amide bonds. The molecule has 3 nitrogen and oxygen atoms in total. The molecule has 0 bridgehead atoms. The topological polar surface area (TPSA) is 46.3 Å². The molecule has 1 heterocycles. The van der Waals surface area contributed by atoms with Crippen molar-refractivity contribution in [1.29, 1.82) is 0 Å². The predicted octanol–water partition coefficient (Wildman–Crippen LogP) is 2.63. The number of carbonyl (C=O) groups is 1. The summed E-state index contributed by atoms with van der Waals surface area (Å²) < 4.78 is 0. The van der Waals surface area contributed by atoms with Gasteiger partial charge in [-0.25, -0.2) is 0 Å². The lowest BCUT2D eigenvalue weighted by atomic mass is 10.1. The van der Waals surface area contributed by atoms with Crippen LogP contribution in [0.5, 0.6) is 0 Å². The first-order valence-electron chi connectivity index (χ1n) is 6.54. The molecule has 2 N–H and O–H groups in total. The van der Waals surface area contributed by atoms with Gasteiger partial charge in [-0.15, -0.1) is 0 Å². The van der Waals surface area contributed by atoms with Gasteiger partial charge in [-0.1, -0.05) is 19.1 Å². The maximum absolute atomic E-state index is 12.2. The van der Waals surface area contributed by atoms with Crippen LogP contribution in [-0.4, -0.2) is 34.4 Å². The monoisotopic (exact) mass is 276 g/mol. The zero-order valence-electron chi connectivity index (χ0n) is 11.4. The first-order chi connectivity index (χ1) is 9.08. The fourth-order valence-corrected chi connectivity index (χ4v) is 3.21. The van der Waals surface area contributed by atoms with E-state index in [4.69, 9.17) is 5.73 Å². The highest BCUT2D eigenvalue weighted by Gasteiger charge is 2.27. The van der Waals surface area contributed by atoms with Crippen molar-refractivity contribution < 1.29 is 4.79 Å². The van der Waals surface area contributed by atoms with Crippen LogP contribution >= 0.6 is 11.8 Å². The van der Waals surface area contributed by atoms with Crippen molar-refractivity contribution in [2.75, 3.05) is 18.0 Å². The van der Waals surface area contributed by atoms with Crippen LogP contribution in [-0.2, 0) is 4.79 Å². The molecule has 2 unspecified atom stereocenters. The van der Waals surface area contributed by atoms with Crippen molar-refractivity contribution in [3.05, 3.63) is 35.9 Å². The molecular weight excluding hydrogens is 256 g/mol. The summed E-state index contributed by atoms with van der Waals surface area (Å²) in [6.07, 6.45) is 3.51. The van der Waals surface area contributed by atoms with Crippen molar-refractivity contribution in [1.82, 2.24) is 4.90 Å². The van der Waals surface area contributed by atoms with E-state index in [9.17, 15) is 4.79 Å². The van der Waals surface area contributed by atoms with E-state index < -0.39 is 0 Å². The average Bonchev–Trinajstić information content (AvgIpc) is 2.41. The Labute approximate surface area is 118 Å². The number of carbonyl (C=O) groups excluding carboxylic acids is 1. The Hall–Kier alpha value is -1.42. The standard InChI is InChI=1S/C15H20N2OS/c1-11-12(2)19-10-9-17(11)15(18)8-5-13-3-6-14(16)7-4-13/h3-8,11-12H,9-10,16H2,1-2H3/b8-5+. The Morgan fingerprint density at radius 1 is 1.37 bits per heavy atom. The van der Waals surface area contributed by atoms with E-state index in [0.717, 1.165) is 23.5 Å². The number of benzene rings is 1. The summed E-state index contributed by atoms with van der Waals surface area (Å²) in [4.78, 5) is 14.2. The Morgan fingerprint density at radius 2 is 2.05 bits per heavy atom. The number of nitrogens with two attached hydrogens (primary N) is 1. The van der Waals surface area contributed by atoms with E-state index in [0.29, 0.717) is 11.3 Å². The lowest BCUT2D eigenvalue weighted by Gasteiger charge is -2.36. The molecule has 1 aromatic carbocycles. The number of anilines is 1. The first-order valence-corrected chi connectivity index (χ1v) is 7.58. The van der Waals surface area contributed by atoms with Gasteiger partial charge in [-0.05, 0) is 30.7 Å². The minimum absolute atomic E-state index is 0.0940. The molecule has 19 heavy (non-hydrogen) atoms. The molecule has 1 saturated heterocycles. The third kappa shape index (κ3) is 3.53. The Morgan fingerprint density at radius 3 is 2.74 bits per heavy atom. The summed E-state index contributed by atoms with van der Waals surface area (Å²) in [5.41, 5.74) is 7.36. The van der Waals surface area contributed by atoms with Gasteiger partial charge in [-0.2, -0.15) is 11.8 Å². The van der Waals surface area contributed by atoms with E-state index >= 15 is 0 Å². The van der Waals surface area contributed by atoms with Gasteiger partial charge < -0.3 is 10.6 Å². The predicted molar refractivity (Wildman–Crippen MR) is 83.0 cm³/mol. The molecule has 1 aromatic rings. The number of nitrogen functional groups attached to an aromatic ring is 1. The molecule has 1 aliphatic rings. The molecule has 4 heteroatoms. The van der Waals surface area contributed by atoms with E-state index in [1.54, 1.807) is 6.08 Å². The van der Waals surface area contributed by atoms with Gasteiger partial charge in [0.15, 0.2) is 0 Å². The Bertz CT molecular complexity index is 470. The van der Waals surface area contributed by atoms with Crippen LogP contribution < -0.4 is 5.73 Å². The third-order valence-electron chi connectivity index (χ3n) is 3.52. The fourth-order valence-electron chi connectivity index (χ4n) is 2.11. The summed E-state index contributed by atoms with van der Waals surface area (Å²) in [6, 6.07) is 7.80. The van der Waals surface area contributed by atoms with Crippen LogP contribution in [0.15, 0.2) is 30.3 Å². The van der Waals surface area contributed by atoms with Crippen molar-refractivity contribution in [3.63, 3.8) is 0 Å². The number of hydrogen-bond acceptors (Lipinski definition) is 3. The number of rotatable bonds is 2. The van der Waals surface area contributed by atoms with Crippen molar-refractivity contribution in [2.45, 2.75) is 25.1 Å². The molecule has 1 aliphatic heterocycles. The summed E-state index contributed by atoms with van der Waals surface area (Å²) in [5, 5.41) is 0.502. The zero-order chi connectivity index (χ0) is 13.8. The first kappa shape index (κ1) is 14.0. The molecule has 0 aliphatic carbocycles. The molecule has 0 spiro atoms. The van der Waals surface area contributed by atoms with Crippen LogP contribution in [0.25, 0.3) is 6.08 Å². The van der Waals surface area contributed by atoms with E-state index in [1.807, 2.05) is 47.0 Å². The summed E-state index contributed by atoms with van der Waals surface area (Å²) in [6.45, 7) is 5.13. The summed E-state index contributed by atoms with van der Waals surface area (Å²) in [5.74, 6) is 1.11. The molecule has 1 fully saturated rings. The molecule has 2 atom stereocenters. The SMILES string of the molecule is CC1SCCN(C(=O)/C=C/c2ccc(N)cc2)C1C. The maximum Gasteiger partial charge on any atom is 0.246 e. The molecule has 0 saturated carbocycles. The molecular formula is C15H20N2OS. The normalized spacial score (nSPS) is 23.8. The highest BCUT2D eigenvalue weighted by atomic mass is 32.2. The zero-order valence-corrected chi connectivity index (χ0v) is 12.2. The van der Waals surface area contributed by atoms with Crippen LogP contribution in [0.2, 0.25) is 0 Å². The Balaban J connectivity index is 2.02. The van der Waals surface area contributed by atoms with E-state index in [1.165, 1.54) is 0 Å². The number of amides is 1. The summed E-state index contributed by atoms with van der Waals surface area (Å²) in [7, 11) is 0. The van der Waals surface area contributed by atoms with Gasteiger partial charge in [0.2, 0.25) is 5.91 Å². The van der Waals surface area contributed by atoms with Gasteiger partial charge >= 0.3 is 0 Å². The smallest absolute Gasteiger partial charge is 0.246 e. The highest BCUT2D eigenvalue weighted by Crippen LogP contribution is 2.24. The van der Waals surface area contributed by atoms with Crippen molar-refractivity contribution in [2.24, 2.45) is 0 Å². The van der Waals surface area contributed by atoms with Gasteiger partial charge in [0.25, 0.3) is 0 Å². The second-order valence-corrected chi connectivity index (χ2v) is 6.33. The van der Waals surface area contributed by atoms with Crippen LogP contribution in [0, 0.1) is 0 Å². The lowest BCUT2D eigenvalue weighted by molar-refractivity contribution is -0.127. The second-order valence-electron chi connectivity index (χ2n) is 4.85. The van der Waals surface area contributed by atoms with Gasteiger partial charge in [0.1, 0.15) is 0 Å². The van der Waals surface area contributed by atoms with E-state index in [2.05, 4.69) is 13.8 Å². The number of nitrogens with zero attached hydrogens (tertiary/aromatic N) is 1. The summed E-state index contributed by atoms with van der Waals surface area (Å²) >= 11 is 1.93. The number of hydrogen-bond donors (Lipinski definition) is 1. The molecule has 102 valence electrons. The fraction of sp³-hybridized carbons (Fsp3) is 0.400. The van der Waals surface area contributed by atoms with Gasteiger partial charge in [0, 0.05) is 35.4 Å². The highest BCUT2D eigenvalue weighted by molar-refractivity contribution is 8.00. The quantitative estimate of drug-likeness (QED) is 0.667. The van der Waals surface area contributed by atoms with Gasteiger partial charge in [0.05, 0.1) is 0 Å². The van der Waals surface area contributed by atoms with E-state index in [-0.39, 0.29) is 5.91 Å². The average molecular weight is 276 g/mol. The lowest BCUT2D eigenvalue weighted by Crippen LogP contribution is -2.47. The van der Waals surface area contributed by atoms with Crippen molar-refractivity contribution in [3.8, 4) is 0 Å². The third-order valence-corrected chi connectivity index (χ3v) is 4.86. The van der Waals surface area contributed by atoms with Crippen LogP contribution in [0.4, 0.5) is 5.69 Å². The molecule has 0 radical (unpaired) electrons. The number of thioether (sulfide) groups is 1. The molecule has 0 aromatic heterocycles. The minimum atomic E-state index is 0.0940. The second kappa shape index (κ2) is 6.15. The Kier molecular flexibility index (Phi) is 4.53. The minimum Gasteiger partial charge on any atom is -0.399 e. The largest absolute Gasteiger partial charge is 0.399 e. The molecule has 2 rings (SSSR count). The van der Waals surface area contributed by atoms with Crippen LogP contribution in [0.1, 0.15) is 19.4 Å². The van der Waals surface area contributed by atoms with Gasteiger partial charge in [-0.3, -0.25) is 4.79 Å².